The van der Waals surface area contributed by atoms with Gasteiger partial charge in [0.15, 0.2) is 0 Å². The van der Waals surface area contributed by atoms with Gasteiger partial charge in [-0.1, -0.05) is 42.5 Å². The number of nitrogens with one attached hydrogen (secondary N) is 2. The lowest BCUT2D eigenvalue weighted by atomic mass is 10.0. The number of likely N-dealkylation sites (N-methyl/N-ethyl adjacent to an activating group) is 1. The van der Waals surface area contributed by atoms with Crippen LogP contribution >= 0.6 is 0 Å². The van der Waals surface area contributed by atoms with E-state index in [1.165, 1.54) is 19.1 Å². The summed E-state index contributed by atoms with van der Waals surface area (Å²) in [7, 11) is 3.76. The molecule has 0 heterocycles. The minimum absolute atomic E-state index is 0.132. The van der Waals surface area contributed by atoms with Crippen LogP contribution in [0.2, 0.25) is 0 Å². The van der Waals surface area contributed by atoms with Gasteiger partial charge in [0, 0.05) is 13.5 Å². The number of halogens is 1. The molecule has 0 spiro atoms. The molecular formula is C21H26FN3O2. The van der Waals surface area contributed by atoms with Gasteiger partial charge in [-0.25, -0.2) is 4.39 Å². The molecule has 0 aliphatic heterocycles. The lowest BCUT2D eigenvalue weighted by Crippen LogP contribution is -2.37. The van der Waals surface area contributed by atoms with Crippen molar-refractivity contribution in [1.82, 2.24) is 15.5 Å². The Bertz CT molecular complexity index is 765. The summed E-state index contributed by atoms with van der Waals surface area (Å²) in [5.74, 6) is -0.677. The summed E-state index contributed by atoms with van der Waals surface area (Å²) in [6.07, 6.45) is 0.132. The van der Waals surface area contributed by atoms with Crippen molar-refractivity contribution in [3.05, 3.63) is 71.5 Å². The summed E-state index contributed by atoms with van der Waals surface area (Å²) in [6, 6.07) is 15.2. The lowest BCUT2D eigenvalue weighted by Gasteiger charge is -2.26. The third-order valence-electron chi connectivity index (χ3n) is 4.32. The topological polar surface area (TPSA) is 61.4 Å². The third-order valence-corrected chi connectivity index (χ3v) is 4.32. The first-order valence-electron chi connectivity index (χ1n) is 8.87. The number of carbonyl (C=O) groups is 2. The van der Waals surface area contributed by atoms with Crippen LogP contribution in [0.3, 0.4) is 0 Å². The van der Waals surface area contributed by atoms with Crippen molar-refractivity contribution in [3.8, 4) is 0 Å². The second-order valence-corrected chi connectivity index (χ2v) is 6.71. The first-order chi connectivity index (χ1) is 12.9. The highest BCUT2D eigenvalue weighted by atomic mass is 19.1. The van der Waals surface area contributed by atoms with Crippen LogP contribution in [0.1, 0.15) is 36.6 Å². The number of rotatable bonds is 8. The molecule has 2 amide bonds. The van der Waals surface area contributed by atoms with E-state index in [-0.39, 0.29) is 30.1 Å². The Morgan fingerprint density at radius 2 is 1.70 bits per heavy atom. The van der Waals surface area contributed by atoms with Crippen LogP contribution in [-0.4, -0.2) is 37.4 Å². The molecule has 2 rings (SSSR count). The largest absolute Gasteiger partial charge is 0.354 e. The van der Waals surface area contributed by atoms with Crippen molar-refractivity contribution in [2.24, 2.45) is 0 Å². The molecule has 0 aliphatic rings. The standard InChI is InChI=1S/C21H26FN3O2/c1-15(26)24-19(16-8-5-4-6-9-16)13-21(27)23-14-20(25(2)3)17-10-7-11-18(22)12-17/h4-12,19-20H,13-14H2,1-3H3,(H,23,27)(H,24,26). The molecule has 2 unspecified atom stereocenters. The van der Waals surface area contributed by atoms with Gasteiger partial charge in [0.1, 0.15) is 5.82 Å². The minimum atomic E-state index is -0.393. The summed E-state index contributed by atoms with van der Waals surface area (Å²) in [4.78, 5) is 25.9. The van der Waals surface area contributed by atoms with Gasteiger partial charge in [0.2, 0.25) is 11.8 Å². The quantitative estimate of drug-likeness (QED) is 0.750. The SMILES string of the molecule is CC(=O)NC(CC(=O)NCC(c1cccc(F)c1)N(C)C)c1ccccc1. The van der Waals surface area contributed by atoms with Crippen molar-refractivity contribution in [3.63, 3.8) is 0 Å². The van der Waals surface area contributed by atoms with E-state index < -0.39 is 6.04 Å². The molecule has 0 aromatic heterocycles. The number of nitrogens with zero attached hydrogens (tertiary/aromatic N) is 1. The second kappa shape index (κ2) is 9.83. The fourth-order valence-electron chi connectivity index (χ4n) is 2.96. The number of benzene rings is 2. The summed E-state index contributed by atoms with van der Waals surface area (Å²) < 4.78 is 13.5. The van der Waals surface area contributed by atoms with Crippen molar-refractivity contribution in [1.29, 1.82) is 0 Å². The second-order valence-electron chi connectivity index (χ2n) is 6.71. The minimum Gasteiger partial charge on any atom is -0.354 e. The maximum Gasteiger partial charge on any atom is 0.222 e. The van der Waals surface area contributed by atoms with E-state index in [1.807, 2.05) is 55.4 Å². The Kier molecular flexibility index (Phi) is 7.49. The van der Waals surface area contributed by atoms with Crippen LogP contribution in [0.25, 0.3) is 0 Å². The van der Waals surface area contributed by atoms with Gasteiger partial charge in [-0.3, -0.25) is 9.59 Å². The Labute approximate surface area is 159 Å². The highest BCUT2D eigenvalue weighted by Crippen LogP contribution is 2.19. The first kappa shape index (κ1) is 20.6. The third kappa shape index (κ3) is 6.49. The lowest BCUT2D eigenvalue weighted by molar-refractivity contribution is -0.123. The highest BCUT2D eigenvalue weighted by molar-refractivity contribution is 5.79. The monoisotopic (exact) mass is 371 g/mol. The van der Waals surface area contributed by atoms with Crippen LogP contribution in [0.15, 0.2) is 54.6 Å². The maximum absolute atomic E-state index is 13.5. The predicted octanol–water partition coefficient (Wildman–Crippen LogP) is 2.81. The molecule has 144 valence electrons. The summed E-state index contributed by atoms with van der Waals surface area (Å²) in [5.41, 5.74) is 1.67. The van der Waals surface area contributed by atoms with E-state index in [4.69, 9.17) is 0 Å². The average molecular weight is 371 g/mol. The van der Waals surface area contributed by atoms with Gasteiger partial charge in [-0.05, 0) is 37.4 Å². The Morgan fingerprint density at radius 1 is 1.04 bits per heavy atom. The predicted molar refractivity (Wildman–Crippen MR) is 103 cm³/mol. The van der Waals surface area contributed by atoms with Gasteiger partial charge in [0.05, 0.1) is 18.5 Å². The van der Waals surface area contributed by atoms with Crippen LogP contribution < -0.4 is 10.6 Å². The molecule has 0 aliphatic carbocycles. The zero-order valence-corrected chi connectivity index (χ0v) is 15.9. The molecule has 2 atom stereocenters. The van der Waals surface area contributed by atoms with Gasteiger partial charge < -0.3 is 15.5 Å². The van der Waals surface area contributed by atoms with E-state index in [9.17, 15) is 14.0 Å². The first-order valence-corrected chi connectivity index (χ1v) is 8.87. The average Bonchev–Trinajstić information content (AvgIpc) is 2.61. The molecule has 5 nitrogen and oxygen atoms in total. The maximum atomic E-state index is 13.5. The molecule has 0 saturated carbocycles. The summed E-state index contributed by atoms with van der Waals surface area (Å²) in [5, 5.41) is 5.72. The van der Waals surface area contributed by atoms with Crippen LogP contribution in [0.5, 0.6) is 0 Å². The van der Waals surface area contributed by atoms with Gasteiger partial charge in [-0.15, -0.1) is 0 Å². The van der Waals surface area contributed by atoms with E-state index >= 15 is 0 Å². The number of hydrogen-bond acceptors (Lipinski definition) is 3. The smallest absolute Gasteiger partial charge is 0.222 e. The highest BCUT2D eigenvalue weighted by Gasteiger charge is 2.19. The zero-order valence-electron chi connectivity index (χ0n) is 15.9. The van der Waals surface area contributed by atoms with Crippen molar-refractivity contribution in [2.45, 2.75) is 25.4 Å². The molecule has 0 saturated heterocycles. The summed E-state index contributed by atoms with van der Waals surface area (Å²) >= 11 is 0. The number of hydrogen-bond donors (Lipinski definition) is 2. The fraction of sp³-hybridized carbons (Fsp3) is 0.333. The molecule has 2 N–H and O–H groups in total. The van der Waals surface area contributed by atoms with Gasteiger partial charge >= 0.3 is 0 Å². The molecule has 0 bridgehead atoms. The molecular weight excluding hydrogens is 345 g/mol. The Morgan fingerprint density at radius 3 is 2.30 bits per heavy atom. The fourth-order valence-corrected chi connectivity index (χ4v) is 2.96. The molecule has 2 aromatic carbocycles. The van der Waals surface area contributed by atoms with E-state index in [0.29, 0.717) is 6.54 Å². The molecule has 6 heteroatoms. The van der Waals surface area contributed by atoms with E-state index in [0.717, 1.165) is 11.1 Å². The van der Waals surface area contributed by atoms with E-state index in [1.54, 1.807) is 6.07 Å². The van der Waals surface area contributed by atoms with Crippen LogP contribution in [0, 0.1) is 5.82 Å². The molecule has 0 fully saturated rings. The van der Waals surface area contributed by atoms with Crippen LogP contribution in [0.4, 0.5) is 4.39 Å². The normalized spacial score (nSPS) is 13.1. The Hall–Kier alpha value is -2.73. The van der Waals surface area contributed by atoms with Gasteiger partial charge in [0.25, 0.3) is 0 Å². The Balaban J connectivity index is 2.02. The molecule has 27 heavy (non-hydrogen) atoms. The summed E-state index contributed by atoms with van der Waals surface area (Å²) in [6.45, 7) is 1.77. The van der Waals surface area contributed by atoms with Crippen molar-refractivity contribution in [2.75, 3.05) is 20.6 Å². The molecule has 2 aromatic rings. The number of carbonyl (C=O) groups excluding carboxylic acids is 2. The molecule has 0 radical (unpaired) electrons. The van der Waals surface area contributed by atoms with Gasteiger partial charge in [-0.2, -0.15) is 0 Å². The van der Waals surface area contributed by atoms with E-state index in [2.05, 4.69) is 10.6 Å². The van der Waals surface area contributed by atoms with Crippen molar-refractivity contribution < 1.29 is 14.0 Å². The zero-order chi connectivity index (χ0) is 19.8. The van der Waals surface area contributed by atoms with Crippen molar-refractivity contribution >= 4 is 11.8 Å². The number of amides is 2. The van der Waals surface area contributed by atoms with Crippen LogP contribution in [-0.2, 0) is 9.59 Å².